The van der Waals surface area contributed by atoms with Gasteiger partial charge < -0.3 is 9.05 Å². The maximum Gasteiger partial charge on any atom is 0.316 e. The first-order valence-corrected chi connectivity index (χ1v) is 8.20. The summed E-state index contributed by atoms with van der Waals surface area (Å²) in [5.41, 5.74) is 2.99. The van der Waals surface area contributed by atoms with E-state index in [-0.39, 0.29) is 17.2 Å². The molecule has 0 fully saturated rings. The zero-order valence-electron chi connectivity index (χ0n) is 14.7. The summed E-state index contributed by atoms with van der Waals surface area (Å²) < 4.78 is 10.5. The molecule has 4 aromatic rings. The van der Waals surface area contributed by atoms with Gasteiger partial charge in [-0.2, -0.15) is 9.97 Å². The summed E-state index contributed by atoms with van der Waals surface area (Å²) in [5.74, 6) is 1.29. The Kier molecular flexibility index (Phi) is 3.84. The molecule has 0 unspecified atom stereocenters. The van der Waals surface area contributed by atoms with Crippen LogP contribution in [0.4, 0.5) is 0 Å². The SMILES string of the molecule is CC(C)(C)c1ccc(-c2noc(-c3nc(-c4ccncc4)no3)n2)cc1. The van der Waals surface area contributed by atoms with Crippen LogP contribution in [0.2, 0.25) is 0 Å². The first kappa shape index (κ1) is 16.1. The van der Waals surface area contributed by atoms with Crippen LogP contribution in [0, 0.1) is 0 Å². The normalized spacial score (nSPS) is 11.7. The Morgan fingerprint density at radius 2 is 1.19 bits per heavy atom. The zero-order valence-corrected chi connectivity index (χ0v) is 14.7. The molecule has 130 valence electrons. The lowest BCUT2D eigenvalue weighted by atomic mass is 9.87. The topological polar surface area (TPSA) is 90.7 Å². The van der Waals surface area contributed by atoms with Gasteiger partial charge in [-0.1, -0.05) is 55.4 Å². The summed E-state index contributed by atoms with van der Waals surface area (Å²) in [7, 11) is 0. The van der Waals surface area contributed by atoms with E-state index in [9.17, 15) is 0 Å². The van der Waals surface area contributed by atoms with E-state index in [0.29, 0.717) is 11.6 Å². The predicted molar refractivity (Wildman–Crippen MR) is 95.0 cm³/mol. The number of pyridine rings is 1. The maximum atomic E-state index is 5.28. The van der Waals surface area contributed by atoms with Crippen molar-refractivity contribution < 1.29 is 9.05 Å². The Balaban J connectivity index is 1.60. The van der Waals surface area contributed by atoms with Crippen molar-refractivity contribution in [3.05, 3.63) is 54.4 Å². The lowest BCUT2D eigenvalue weighted by Gasteiger charge is -2.18. The van der Waals surface area contributed by atoms with E-state index in [1.54, 1.807) is 24.5 Å². The maximum absolute atomic E-state index is 5.28. The summed E-state index contributed by atoms with van der Waals surface area (Å²) in [6, 6.07) is 11.7. The standard InChI is InChI=1S/C19H17N5O2/c1-19(2,3)14-6-4-12(5-7-14)15-21-17(25-23-15)18-22-16(24-26-18)13-8-10-20-11-9-13/h4-11H,1-3H3. The van der Waals surface area contributed by atoms with Crippen molar-refractivity contribution in [2.24, 2.45) is 0 Å². The van der Waals surface area contributed by atoms with Crippen molar-refractivity contribution in [3.63, 3.8) is 0 Å². The molecule has 0 N–H and O–H groups in total. The fourth-order valence-corrected chi connectivity index (χ4v) is 2.48. The van der Waals surface area contributed by atoms with E-state index in [0.717, 1.165) is 11.1 Å². The molecule has 7 heteroatoms. The van der Waals surface area contributed by atoms with Crippen LogP contribution in [0.1, 0.15) is 26.3 Å². The number of hydrogen-bond donors (Lipinski definition) is 0. The third-order valence-corrected chi connectivity index (χ3v) is 3.98. The van der Waals surface area contributed by atoms with Crippen molar-refractivity contribution in [2.45, 2.75) is 26.2 Å². The monoisotopic (exact) mass is 347 g/mol. The smallest absolute Gasteiger partial charge is 0.316 e. The average Bonchev–Trinajstić information content (AvgIpc) is 3.31. The summed E-state index contributed by atoms with van der Waals surface area (Å²) >= 11 is 0. The Labute approximate surface area is 150 Å². The zero-order chi connectivity index (χ0) is 18.1. The van der Waals surface area contributed by atoms with Gasteiger partial charge in [-0.3, -0.25) is 4.98 Å². The van der Waals surface area contributed by atoms with Crippen LogP contribution in [0.25, 0.3) is 34.6 Å². The van der Waals surface area contributed by atoms with Crippen molar-refractivity contribution in [1.29, 1.82) is 0 Å². The molecule has 7 nitrogen and oxygen atoms in total. The van der Waals surface area contributed by atoms with Crippen molar-refractivity contribution in [1.82, 2.24) is 25.3 Å². The van der Waals surface area contributed by atoms with Crippen LogP contribution in [0.5, 0.6) is 0 Å². The van der Waals surface area contributed by atoms with Gasteiger partial charge in [0.2, 0.25) is 11.6 Å². The lowest BCUT2D eigenvalue weighted by Crippen LogP contribution is -2.10. The number of aromatic nitrogens is 5. The molecular formula is C19H17N5O2. The van der Waals surface area contributed by atoms with Crippen LogP contribution in [0.15, 0.2) is 57.8 Å². The molecule has 4 rings (SSSR count). The highest BCUT2D eigenvalue weighted by Gasteiger charge is 2.19. The highest BCUT2D eigenvalue weighted by molar-refractivity contribution is 5.59. The van der Waals surface area contributed by atoms with Crippen LogP contribution < -0.4 is 0 Å². The van der Waals surface area contributed by atoms with E-state index in [2.05, 4.69) is 58.2 Å². The van der Waals surface area contributed by atoms with Gasteiger partial charge in [0.25, 0.3) is 0 Å². The van der Waals surface area contributed by atoms with Crippen molar-refractivity contribution in [3.8, 4) is 34.6 Å². The molecule has 0 radical (unpaired) electrons. The Morgan fingerprint density at radius 1 is 0.692 bits per heavy atom. The Morgan fingerprint density at radius 3 is 1.69 bits per heavy atom. The van der Waals surface area contributed by atoms with E-state index < -0.39 is 0 Å². The second-order valence-electron chi connectivity index (χ2n) is 6.91. The van der Waals surface area contributed by atoms with Crippen LogP contribution in [0.3, 0.4) is 0 Å². The fourth-order valence-electron chi connectivity index (χ4n) is 2.48. The number of hydrogen-bond acceptors (Lipinski definition) is 7. The van der Waals surface area contributed by atoms with Gasteiger partial charge >= 0.3 is 11.8 Å². The second-order valence-corrected chi connectivity index (χ2v) is 6.91. The molecule has 0 bridgehead atoms. The lowest BCUT2D eigenvalue weighted by molar-refractivity contribution is 0.383. The van der Waals surface area contributed by atoms with Gasteiger partial charge in [0.05, 0.1) is 0 Å². The first-order chi connectivity index (χ1) is 12.5. The van der Waals surface area contributed by atoms with Crippen molar-refractivity contribution in [2.75, 3.05) is 0 Å². The van der Waals surface area contributed by atoms with E-state index in [1.807, 2.05) is 12.1 Å². The minimum atomic E-state index is 0.0913. The van der Waals surface area contributed by atoms with E-state index in [1.165, 1.54) is 5.56 Å². The number of nitrogens with zero attached hydrogens (tertiary/aromatic N) is 5. The van der Waals surface area contributed by atoms with Crippen LogP contribution in [-0.2, 0) is 5.41 Å². The fraction of sp³-hybridized carbons (Fsp3) is 0.211. The molecule has 0 aliphatic rings. The summed E-state index contributed by atoms with van der Waals surface area (Å²) in [6.45, 7) is 6.51. The molecule has 3 heterocycles. The highest BCUT2D eigenvalue weighted by Crippen LogP contribution is 2.26. The Bertz CT molecular complexity index is 1010. The number of benzene rings is 1. The molecule has 0 saturated heterocycles. The highest BCUT2D eigenvalue weighted by atomic mass is 16.5. The third-order valence-electron chi connectivity index (χ3n) is 3.98. The van der Waals surface area contributed by atoms with Gasteiger partial charge in [0.1, 0.15) is 0 Å². The van der Waals surface area contributed by atoms with Crippen LogP contribution in [-0.4, -0.2) is 25.3 Å². The van der Waals surface area contributed by atoms with Crippen LogP contribution >= 0.6 is 0 Å². The molecule has 0 spiro atoms. The van der Waals surface area contributed by atoms with Gasteiger partial charge in [-0.15, -0.1) is 0 Å². The minimum absolute atomic E-state index is 0.0913. The molecule has 1 aromatic carbocycles. The Hall–Kier alpha value is -3.35. The molecule has 0 atom stereocenters. The van der Waals surface area contributed by atoms with Gasteiger partial charge in [0, 0.05) is 23.5 Å². The molecule has 0 saturated carbocycles. The summed E-state index contributed by atoms with van der Waals surface area (Å²) in [4.78, 5) is 12.6. The largest absolute Gasteiger partial charge is 0.328 e. The average molecular weight is 347 g/mol. The molecule has 0 aliphatic heterocycles. The third kappa shape index (κ3) is 3.11. The van der Waals surface area contributed by atoms with Gasteiger partial charge in [-0.05, 0) is 23.1 Å². The molecule has 0 aliphatic carbocycles. The van der Waals surface area contributed by atoms with Gasteiger partial charge in [0.15, 0.2) is 0 Å². The number of rotatable bonds is 3. The quantitative estimate of drug-likeness (QED) is 0.550. The molecular weight excluding hydrogens is 330 g/mol. The summed E-state index contributed by atoms with van der Waals surface area (Å²) in [6.07, 6.45) is 3.33. The predicted octanol–water partition coefficient (Wildman–Crippen LogP) is 4.15. The summed E-state index contributed by atoms with van der Waals surface area (Å²) in [5, 5.41) is 7.95. The first-order valence-electron chi connectivity index (χ1n) is 8.20. The second kappa shape index (κ2) is 6.18. The van der Waals surface area contributed by atoms with Crippen molar-refractivity contribution >= 4 is 0 Å². The molecule has 26 heavy (non-hydrogen) atoms. The molecule has 3 aromatic heterocycles. The van der Waals surface area contributed by atoms with E-state index >= 15 is 0 Å². The van der Waals surface area contributed by atoms with Gasteiger partial charge in [-0.25, -0.2) is 0 Å². The minimum Gasteiger partial charge on any atom is -0.328 e. The van der Waals surface area contributed by atoms with E-state index in [4.69, 9.17) is 9.05 Å². The molecule has 0 amide bonds.